The van der Waals surface area contributed by atoms with E-state index in [1.54, 1.807) is 24.3 Å². The van der Waals surface area contributed by atoms with Crippen molar-refractivity contribution in [2.75, 3.05) is 13.2 Å². The van der Waals surface area contributed by atoms with Gasteiger partial charge < -0.3 is 18.9 Å². The fourth-order valence-corrected chi connectivity index (χ4v) is 2.62. The van der Waals surface area contributed by atoms with Crippen LogP contribution >= 0.6 is 0 Å². The third-order valence-electron chi connectivity index (χ3n) is 3.55. The number of rotatable bonds is 3. The first kappa shape index (κ1) is 14.0. The molecule has 0 aromatic heterocycles. The highest BCUT2D eigenvalue weighted by Gasteiger charge is 2.51. The lowest BCUT2D eigenvalue weighted by atomic mass is 10.1. The van der Waals surface area contributed by atoms with Gasteiger partial charge in [0.15, 0.2) is 12.2 Å². The van der Waals surface area contributed by atoms with Crippen molar-refractivity contribution in [2.45, 2.75) is 31.3 Å². The van der Waals surface area contributed by atoms with E-state index < -0.39 is 18.2 Å². The Morgan fingerprint density at radius 1 is 1.00 bits per heavy atom. The van der Waals surface area contributed by atoms with Gasteiger partial charge in [-0.1, -0.05) is 18.2 Å². The maximum atomic E-state index is 12.0. The van der Waals surface area contributed by atoms with E-state index in [1.165, 1.54) is 6.92 Å². The van der Waals surface area contributed by atoms with Crippen molar-refractivity contribution in [2.24, 2.45) is 0 Å². The van der Waals surface area contributed by atoms with Gasteiger partial charge in [0.25, 0.3) is 0 Å². The molecule has 0 N–H and O–H groups in total. The Balaban J connectivity index is 1.62. The molecule has 0 saturated carbocycles. The molecular weight excluding hydrogens is 276 g/mol. The van der Waals surface area contributed by atoms with E-state index in [1.807, 2.05) is 6.07 Å². The van der Waals surface area contributed by atoms with Crippen molar-refractivity contribution in [3.8, 4) is 0 Å². The van der Waals surface area contributed by atoms with Crippen LogP contribution in [-0.2, 0) is 23.7 Å². The highest BCUT2D eigenvalue weighted by molar-refractivity contribution is 5.89. The number of carbonyl (C=O) groups is 2. The second kappa shape index (κ2) is 5.83. The summed E-state index contributed by atoms with van der Waals surface area (Å²) in [6.07, 6.45) is -1.68. The fraction of sp³-hybridized carbons (Fsp3) is 0.467. The summed E-state index contributed by atoms with van der Waals surface area (Å²) in [5.41, 5.74) is 0.482. The molecule has 6 nitrogen and oxygen atoms in total. The predicted octanol–water partition coefficient (Wildman–Crippen LogP) is 0.941. The monoisotopic (exact) mass is 292 g/mol. The van der Waals surface area contributed by atoms with Gasteiger partial charge in [-0.15, -0.1) is 0 Å². The van der Waals surface area contributed by atoms with E-state index >= 15 is 0 Å². The van der Waals surface area contributed by atoms with Crippen molar-refractivity contribution >= 4 is 11.9 Å². The van der Waals surface area contributed by atoms with Gasteiger partial charge in [-0.05, 0) is 12.1 Å². The minimum atomic E-state index is -0.483. The number of esters is 2. The molecule has 0 amide bonds. The summed E-state index contributed by atoms with van der Waals surface area (Å²) in [6.45, 7) is 1.84. The van der Waals surface area contributed by atoms with E-state index in [-0.39, 0.29) is 31.4 Å². The molecule has 2 aliphatic heterocycles. The van der Waals surface area contributed by atoms with Gasteiger partial charge in [0.2, 0.25) is 0 Å². The number of fused-ring (bicyclic) bond motifs is 1. The zero-order valence-corrected chi connectivity index (χ0v) is 11.6. The highest BCUT2D eigenvalue weighted by atomic mass is 16.7. The lowest BCUT2D eigenvalue weighted by Crippen LogP contribution is -2.35. The zero-order chi connectivity index (χ0) is 14.8. The van der Waals surface area contributed by atoms with E-state index in [0.29, 0.717) is 5.56 Å². The van der Waals surface area contributed by atoms with Gasteiger partial charge in [0.05, 0.1) is 18.8 Å². The molecule has 6 heteroatoms. The molecule has 2 saturated heterocycles. The first-order chi connectivity index (χ1) is 10.1. The smallest absolute Gasteiger partial charge is 0.338 e. The van der Waals surface area contributed by atoms with Crippen molar-refractivity contribution in [3.05, 3.63) is 35.9 Å². The molecule has 2 aliphatic rings. The van der Waals surface area contributed by atoms with E-state index in [4.69, 9.17) is 18.9 Å². The molecular formula is C15H16O6. The van der Waals surface area contributed by atoms with Crippen LogP contribution in [0.2, 0.25) is 0 Å². The van der Waals surface area contributed by atoms with Crippen LogP contribution in [0.15, 0.2) is 30.3 Å². The van der Waals surface area contributed by atoms with Crippen LogP contribution in [0.3, 0.4) is 0 Å². The summed E-state index contributed by atoms with van der Waals surface area (Å²) in [5.74, 6) is -0.790. The largest absolute Gasteiger partial charge is 0.457 e. The molecule has 0 radical (unpaired) electrons. The van der Waals surface area contributed by atoms with Gasteiger partial charge in [0.1, 0.15) is 12.2 Å². The van der Waals surface area contributed by atoms with E-state index in [2.05, 4.69) is 0 Å². The minimum Gasteiger partial charge on any atom is -0.457 e. The zero-order valence-electron chi connectivity index (χ0n) is 11.6. The van der Waals surface area contributed by atoms with Crippen LogP contribution in [-0.4, -0.2) is 49.6 Å². The topological polar surface area (TPSA) is 71.1 Å². The third-order valence-corrected chi connectivity index (χ3v) is 3.55. The van der Waals surface area contributed by atoms with Crippen LogP contribution in [0.1, 0.15) is 17.3 Å². The quantitative estimate of drug-likeness (QED) is 0.772. The molecule has 2 unspecified atom stereocenters. The Bertz CT molecular complexity index is 528. The first-order valence-electron chi connectivity index (χ1n) is 6.81. The Hall–Kier alpha value is -1.92. The summed E-state index contributed by atoms with van der Waals surface area (Å²) in [4.78, 5) is 23.0. The van der Waals surface area contributed by atoms with Crippen LogP contribution in [0.4, 0.5) is 0 Å². The normalized spacial score (nSPS) is 30.7. The molecule has 0 bridgehead atoms. The summed E-state index contributed by atoms with van der Waals surface area (Å²) in [5, 5.41) is 0. The van der Waals surface area contributed by atoms with Crippen molar-refractivity contribution in [1.29, 1.82) is 0 Å². The Morgan fingerprint density at radius 3 is 2.14 bits per heavy atom. The molecule has 0 spiro atoms. The number of hydrogen-bond donors (Lipinski definition) is 0. The summed E-state index contributed by atoms with van der Waals surface area (Å²) >= 11 is 0. The molecule has 112 valence electrons. The molecule has 21 heavy (non-hydrogen) atoms. The maximum absolute atomic E-state index is 12.0. The molecule has 0 aliphatic carbocycles. The van der Waals surface area contributed by atoms with Gasteiger partial charge in [-0.2, -0.15) is 0 Å². The van der Waals surface area contributed by atoms with Crippen LogP contribution in [0.5, 0.6) is 0 Å². The molecule has 2 heterocycles. The van der Waals surface area contributed by atoms with Crippen LogP contribution in [0.25, 0.3) is 0 Å². The lowest BCUT2D eigenvalue weighted by molar-refractivity contribution is -0.151. The second-order valence-electron chi connectivity index (χ2n) is 5.05. The van der Waals surface area contributed by atoms with E-state index in [0.717, 1.165) is 0 Å². The third kappa shape index (κ3) is 2.91. The maximum Gasteiger partial charge on any atom is 0.338 e. The standard InChI is InChI=1S/C15H16O6/c1-9(16)20-11-7-18-14-12(8-19-13(11)14)21-15(17)10-5-3-2-4-6-10/h2-6,11-14H,7-8H2,1H3/t11?,12?,13-,14-/m1/s1. The summed E-state index contributed by atoms with van der Waals surface area (Å²) < 4.78 is 21.7. The number of ether oxygens (including phenoxy) is 4. The summed E-state index contributed by atoms with van der Waals surface area (Å²) in [6, 6.07) is 8.75. The van der Waals surface area contributed by atoms with E-state index in [9.17, 15) is 9.59 Å². The second-order valence-corrected chi connectivity index (χ2v) is 5.05. The Labute approximate surface area is 121 Å². The summed E-state index contributed by atoms with van der Waals surface area (Å²) in [7, 11) is 0. The van der Waals surface area contributed by atoms with Crippen molar-refractivity contribution in [3.63, 3.8) is 0 Å². The predicted molar refractivity (Wildman–Crippen MR) is 70.7 cm³/mol. The van der Waals surface area contributed by atoms with Gasteiger partial charge in [-0.3, -0.25) is 4.79 Å². The van der Waals surface area contributed by atoms with Gasteiger partial charge in [0, 0.05) is 6.92 Å². The molecule has 1 aromatic rings. The fourth-order valence-electron chi connectivity index (χ4n) is 2.62. The van der Waals surface area contributed by atoms with Crippen LogP contribution < -0.4 is 0 Å². The number of benzene rings is 1. The highest BCUT2D eigenvalue weighted by Crippen LogP contribution is 2.31. The number of hydrogen-bond acceptors (Lipinski definition) is 6. The Kier molecular flexibility index (Phi) is 3.90. The molecule has 3 rings (SSSR count). The van der Waals surface area contributed by atoms with Gasteiger partial charge in [-0.25, -0.2) is 4.79 Å². The Morgan fingerprint density at radius 2 is 1.57 bits per heavy atom. The minimum absolute atomic E-state index is 0.242. The molecule has 1 aromatic carbocycles. The average Bonchev–Trinajstić information content (AvgIpc) is 3.04. The lowest BCUT2D eigenvalue weighted by Gasteiger charge is -2.17. The first-order valence-corrected chi connectivity index (χ1v) is 6.81. The average molecular weight is 292 g/mol. The van der Waals surface area contributed by atoms with Crippen molar-refractivity contribution < 1.29 is 28.5 Å². The van der Waals surface area contributed by atoms with Crippen LogP contribution in [0, 0.1) is 0 Å². The SMILES string of the molecule is CC(=O)OC1CO[C@@H]2C(OC(=O)c3ccccc3)CO[C@H]12. The molecule has 2 fully saturated rings. The molecule has 4 atom stereocenters. The number of carbonyl (C=O) groups excluding carboxylic acids is 2. The van der Waals surface area contributed by atoms with Gasteiger partial charge >= 0.3 is 11.9 Å². The van der Waals surface area contributed by atoms with Crippen molar-refractivity contribution in [1.82, 2.24) is 0 Å².